The van der Waals surface area contributed by atoms with Crippen molar-refractivity contribution < 1.29 is 13.2 Å². The average Bonchev–Trinajstić information content (AvgIpc) is 1.97. The summed E-state index contributed by atoms with van der Waals surface area (Å²) in [5.41, 5.74) is 4.19. The van der Waals surface area contributed by atoms with Crippen LogP contribution in [-0.2, 0) is 0 Å². The molecule has 1 aromatic heterocycles. The van der Waals surface area contributed by atoms with Gasteiger partial charge >= 0.3 is 0 Å². The van der Waals surface area contributed by atoms with Crippen LogP contribution in [0.4, 0.5) is 19.0 Å². The third kappa shape index (κ3) is 1.45. The van der Waals surface area contributed by atoms with E-state index >= 15 is 0 Å². The van der Waals surface area contributed by atoms with Gasteiger partial charge in [0.25, 0.3) is 6.43 Å². The van der Waals surface area contributed by atoms with Gasteiger partial charge in [-0.05, 0) is 0 Å². The van der Waals surface area contributed by atoms with E-state index in [4.69, 9.17) is 17.3 Å². The summed E-state index contributed by atoms with van der Waals surface area (Å²) in [4.78, 5) is 3.26. The lowest BCUT2D eigenvalue weighted by atomic mass is 10.2. The maximum absolute atomic E-state index is 12.6. The lowest BCUT2D eigenvalue weighted by Crippen LogP contribution is -1.99. The Bertz CT molecular complexity index is 303. The quantitative estimate of drug-likeness (QED) is 0.749. The highest BCUT2D eigenvalue weighted by molar-refractivity contribution is 6.33. The summed E-state index contributed by atoms with van der Waals surface area (Å²) in [7, 11) is 0. The van der Waals surface area contributed by atoms with Crippen LogP contribution >= 0.6 is 11.6 Å². The second-order valence-electron chi connectivity index (χ2n) is 2.02. The molecule has 1 rings (SSSR count). The zero-order chi connectivity index (χ0) is 9.30. The molecular formula is C6H4ClF3N2. The topological polar surface area (TPSA) is 38.9 Å². The molecule has 2 N–H and O–H groups in total. The van der Waals surface area contributed by atoms with Gasteiger partial charge in [0, 0.05) is 0 Å². The van der Waals surface area contributed by atoms with Crippen LogP contribution < -0.4 is 5.73 Å². The molecule has 6 heteroatoms. The van der Waals surface area contributed by atoms with Crippen molar-refractivity contribution in [3.05, 3.63) is 22.6 Å². The van der Waals surface area contributed by atoms with E-state index < -0.39 is 22.8 Å². The number of rotatable bonds is 1. The van der Waals surface area contributed by atoms with Gasteiger partial charge in [-0.15, -0.1) is 0 Å². The summed E-state index contributed by atoms with van der Waals surface area (Å²) < 4.78 is 36.7. The maximum Gasteiger partial charge on any atom is 0.268 e. The first kappa shape index (κ1) is 9.12. The van der Waals surface area contributed by atoms with Gasteiger partial charge in [-0.1, -0.05) is 11.6 Å². The van der Waals surface area contributed by atoms with Gasteiger partial charge in [0.2, 0.25) is 0 Å². The van der Waals surface area contributed by atoms with E-state index in [1.807, 2.05) is 0 Å². The first-order chi connectivity index (χ1) is 5.54. The molecule has 0 atom stereocenters. The highest BCUT2D eigenvalue weighted by Gasteiger charge is 2.19. The minimum absolute atomic E-state index is 0.298. The lowest BCUT2D eigenvalue weighted by molar-refractivity contribution is 0.146. The molecule has 0 aromatic carbocycles. The Morgan fingerprint density at radius 3 is 2.50 bits per heavy atom. The number of alkyl halides is 2. The minimum Gasteiger partial charge on any atom is -0.382 e. The number of hydrogen-bond donors (Lipinski definition) is 1. The molecule has 12 heavy (non-hydrogen) atoms. The van der Waals surface area contributed by atoms with Crippen molar-refractivity contribution >= 4 is 17.4 Å². The van der Waals surface area contributed by atoms with E-state index in [-0.39, 0.29) is 5.82 Å². The monoisotopic (exact) mass is 196 g/mol. The number of pyridine rings is 1. The minimum atomic E-state index is -2.98. The molecular weight excluding hydrogens is 193 g/mol. The van der Waals surface area contributed by atoms with E-state index in [2.05, 4.69) is 4.98 Å². The Morgan fingerprint density at radius 1 is 1.50 bits per heavy atom. The van der Waals surface area contributed by atoms with E-state index in [0.717, 1.165) is 0 Å². The summed E-state index contributed by atoms with van der Waals surface area (Å²) >= 11 is 5.29. The van der Waals surface area contributed by atoms with Crippen LogP contribution in [0.3, 0.4) is 0 Å². The van der Waals surface area contributed by atoms with Gasteiger partial charge < -0.3 is 5.73 Å². The van der Waals surface area contributed by atoms with Gasteiger partial charge in [-0.2, -0.15) is 0 Å². The Balaban J connectivity index is 3.33. The molecule has 0 radical (unpaired) electrons. The van der Waals surface area contributed by atoms with Crippen LogP contribution in [0.25, 0.3) is 0 Å². The summed E-state index contributed by atoms with van der Waals surface area (Å²) in [5, 5.41) is -0.523. The first-order valence-corrected chi connectivity index (χ1v) is 3.29. The average molecular weight is 197 g/mol. The van der Waals surface area contributed by atoms with Crippen molar-refractivity contribution in [2.45, 2.75) is 6.43 Å². The Hall–Kier alpha value is -0.970. The lowest BCUT2D eigenvalue weighted by Gasteiger charge is -2.05. The molecule has 0 spiro atoms. The number of halogens is 4. The zero-order valence-corrected chi connectivity index (χ0v) is 6.45. The first-order valence-electron chi connectivity index (χ1n) is 2.91. The fourth-order valence-electron chi connectivity index (χ4n) is 0.695. The Kier molecular flexibility index (Phi) is 2.42. The molecule has 0 saturated carbocycles. The largest absolute Gasteiger partial charge is 0.382 e. The summed E-state index contributed by atoms with van der Waals surface area (Å²) in [6, 6.07) is 0. The van der Waals surface area contributed by atoms with Gasteiger partial charge in [0.1, 0.15) is 5.82 Å². The van der Waals surface area contributed by atoms with E-state index in [0.29, 0.717) is 6.20 Å². The van der Waals surface area contributed by atoms with Crippen LogP contribution in [0.5, 0.6) is 0 Å². The van der Waals surface area contributed by atoms with Crippen LogP contribution in [0, 0.1) is 5.82 Å². The SMILES string of the molecule is Nc1ncc(F)c(C(F)F)c1Cl. The number of nitrogens with two attached hydrogens (primary N) is 1. The number of hydrogen-bond acceptors (Lipinski definition) is 2. The standard InChI is InChI=1S/C6H4ClF3N2/c7-4-3(5(9)10)2(8)1-12-6(4)11/h1,5H,(H2,11,12). The fraction of sp³-hybridized carbons (Fsp3) is 0.167. The van der Waals surface area contributed by atoms with Crippen molar-refractivity contribution in [3.63, 3.8) is 0 Å². The van der Waals surface area contributed by atoms with Gasteiger partial charge in [0.15, 0.2) is 5.82 Å². The summed E-state index contributed by atoms with van der Waals surface area (Å²) in [6.45, 7) is 0. The molecule has 0 unspecified atom stereocenters. The highest BCUT2D eigenvalue weighted by Crippen LogP contribution is 2.31. The van der Waals surface area contributed by atoms with Crippen LogP contribution in [0.2, 0.25) is 5.02 Å². The maximum atomic E-state index is 12.6. The van der Waals surface area contributed by atoms with Crippen molar-refractivity contribution in [1.82, 2.24) is 4.98 Å². The molecule has 0 fully saturated rings. The predicted octanol–water partition coefficient (Wildman–Crippen LogP) is 2.39. The van der Waals surface area contributed by atoms with Crippen LogP contribution in [0.15, 0.2) is 6.20 Å². The van der Waals surface area contributed by atoms with Crippen molar-refractivity contribution in [1.29, 1.82) is 0 Å². The third-order valence-electron chi connectivity index (χ3n) is 1.25. The molecule has 0 aliphatic heterocycles. The molecule has 1 aromatic rings. The second-order valence-corrected chi connectivity index (χ2v) is 2.40. The zero-order valence-electron chi connectivity index (χ0n) is 5.69. The van der Waals surface area contributed by atoms with Gasteiger partial charge in [-0.3, -0.25) is 0 Å². The van der Waals surface area contributed by atoms with E-state index in [1.165, 1.54) is 0 Å². The molecule has 0 saturated heterocycles. The second kappa shape index (κ2) is 3.18. The normalized spacial score (nSPS) is 10.8. The summed E-state index contributed by atoms with van der Waals surface area (Å²) in [6.07, 6.45) is -2.37. The molecule has 66 valence electrons. The molecule has 1 heterocycles. The van der Waals surface area contributed by atoms with Crippen molar-refractivity contribution in [2.24, 2.45) is 0 Å². The fourth-order valence-corrected chi connectivity index (χ4v) is 0.917. The number of anilines is 1. The molecule has 0 aliphatic rings. The Labute approximate surface area is 71.2 Å². The van der Waals surface area contributed by atoms with E-state index in [1.54, 1.807) is 0 Å². The highest BCUT2D eigenvalue weighted by atomic mass is 35.5. The Morgan fingerprint density at radius 2 is 2.08 bits per heavy atom. The van der Waals surface area contributed by atoms with E-state index in [9.17, 15) is 13.2 Å². The van der Waals surface area contributed by atoms with Gasteiger partial charge in [0.05, 0.1) is 16.8 Å². The smallest absolute Gasteiger partial charge is 0.268 e. The molecule has 0 aliphatic carbocycles. The summed E-state index contributed by atoms with van der Waals surface area (Å²) in [5.74, 6) is -1.45. The molecule has 2 nitrogen and oxygen atoms in total. The van der Waals surface area contributed by atoms with Crippen LogP contribution in [0.1, 0.15) is 12.0 Å². The van der Waals surface area contributed by atoms with Crippen LogP contribution in [-0.4, -0.2) is 4.98 Å². The third-order valence-corrected chi connectivity index (χ3v) is 1.65. The number of nitrogen functional groups attached to an aromatic ring is 1. The van der Waals surface area contributed by atoms with Crippen molar-refractivity contribution in [3.8, 4) is 0 Å². The molecule has 0 bridgehead atoms. The van der Waals surface area contributed by atoms with Crippen molar-refractivity contribution in [2.75, 3.05) is 5.73 Å². The number of aromatic nitrogens is 1. The predicted molar refractivity (Wildman–Crippen MR) is 38.6 cm³/mol. The van der Waals surface area contributed by atoms with Gasteiger partial charge in [-0.25, -0.2) is 18.2 Å². The number of nitrogens with zero attached hydrogens (tertiary/aromatic N) is 1. The molecule has 0 amide bonds.